The molecule has 2 aliphatic rings. The molecule has 3 rings (SSSR count). The number of rotatable bonds is 2. The van der Waals surface area contributed by atoms with Gasteiger partial charge in [0.25, 0.3) is 5.91 Å². The number of morpholine rings is 1. The summed E-state index contributed by atoms with van der Waals surface area (Å²) in [5, 5.41) is 6.73. The van der Waals surface area contributed by atoms with Gasteiger partial charge in [-0.1, -0.05) is 0 Å². The van der Waals surface area contributed by atoms with E-state index in [0.29, 0.717) is 38.4 Å². The number of hydrogen-bond acceptors (Lipinski definition) is 5. The van der Waals surface area contributed by atoms with E-state index in [-0.39, 0.29) is 18.1 Å². The van der Waals surface area contributed by atoms with Crippen LogP contribution in [0, 0.1) is 6.92 Å². The van der Waals surface area contributed by atoms with E-state index in [1.165, 1.54) is 10.6 Å². The highest BCUT2D eigenvalue weighted by Crippen LogP contribution is 2.25. The summed E-state index contributed by atoms with van der Waals surface area (Å²) < 4.78 is 31.0. The minimum absolute atomic E-state index is 0.145. The van der Waals surface area contributed by atoms with E-state index in [1.54, 1.807) is 11.0 Å². The van der Waals surface area contributed by atoms with Crippen molar-refractivity contribution >= 4 is 15.9 Å². The standard InChI is InChI=1S/C13H20N4O4S/c1-9-7-10(15-14-9)13(18)16-4-3-12-11(8-16)17(5-6-21-12)22(2,19)20/h7,11-12H,3-6,8H2,1-2H3,(H,14,15)/t11-,12-/m1/s1. The quantitative estimate of drug-likeness (QED) is 0.796. The Labute approximate surface area is 129 Å². The maximum absolute atomic E-state index is 12.5. The molecule has 122 valence electrons. The van der Waals surface area contributed by atoms with Crippen LogP contribution in [0.4, 0.5) is 0 Å². The molecule has 0 saturated carbocycles. The number of aromatic nitrogens is 2. The van der Waals surface area contributed by atoms with Gasteiger partial charge in [-0.15, -0.1) is 0 Å². The van der Waals surface area contributed by atoms with Crippen LogP contribution < -0.4 is 0 Å². The van der Waals surface area contributed by atoms with Crippen molar-refractivity contribution < 1.29 is 17.9 Å². The largest absolute Gasteiger partial charge is 0.375 e. The molecule has 2 atom stereocenters. The number of carbonyl (C=O) groups excluding carboxylic acids is 1. The molecule has 22 heavy (non-hydrogen) atoms. The molecule has 3 heterocycles. The summed E-state index contributed by atoms with van der Waals surface area (Å²) in [5.41, 5.74) is 1.18. The summed E-state index contributed by atoms with van der Waals surface area (Å²) in [6.45, 7) is 3.45. The number of amides is 1. The molecule has 0 aliphatic carbocycles. The topological polar surface area (TPSA) is 95.6 Å². The Morgan fingerprint density at radius 3 is 2.86 bits per heavy atom. The van der Waals surface area contributed by atoms with Crippen molar-refractivity contribution in [2.45, 2.75) is 25.5 Å². The van der Waals surface area contributed by atoms with E-state index in [0.717, 1.165) is 5.69 Å². The lowest BCUT2D eigenvalue weighted by molar-refractivity contribution is -0.0705. The van der Waals surface area contributed by atoms with Gasteiger partial charge in [-0.2, -0.15) is 9.40 Å². The first-order valence-electron chi connectivity index (χ1n) is 7.26. The number of aromatic amines is 1. The number of nitrogens with one attached hydrogen (secondary N) is 1. The summed E-state index contributed by atoms with van der Waals surface area (Å²) in [7, 11) is -3.31. The second-order valence-corrected chi connectivity index (χ2v) is 7.76. The molecule has 9 heteroatoms. The minimum Gasteiger partial charge on any atom is -0.375 e. The third-order valence-electron chi connectivity index (χ3n) is 4.17. The second-order valence-electron chi connectivity index (χ2n) is 5.83. The fourth-order valence-electron chi connectivity index (χ4n) is 3.13. The lowest BCUT2D eigenvalue weighted by Gasteiger charge is -2.45. The van der Waals surface area contributed by atoms with Gasteiger partial charge < -0.3 is 9.64 Å². The van der Waals surface area contributed by atoms with Crippen LogP contribution in [0.2, 0.25) is 0 Å². The molecule has 0 radical (unpaired) electrons. The minimum atomic E-state index is -3.31. The van der Waals surface area contributed by atoms with Crippen LogP contribution in [-0.4, -0.2) is 78.4 Å². The van der Waals surface area contributed by atoms with E-state index in [9.17, 15) is 13.2 Å². The molecular formula is C13H20N4O4S. The maximum Gasteiger partial charge on any atom is 0.274 e. The van der Waals surface area contributed by atoms with Crippen molar-refractivity contribution in [2.24, 2.45) is 0 Å². The zero-order valence-corrected chi connectivity index (χ0v) is 13.5. The molecule has 8 nitrogen and oxygen atoms in total. The van der Waals surface area contributed by atoms with Crippen molar-refractivity contribution in [1.29, 1.82) is 0 Å². The van der Waals surface area contributed by atoms with Crippen LogP contribution in [0.1, 0.15) is 22.6 Å². The Bertz CT molecular complexity index is 671. The molecule has 0 spiro atoms. The molecule has 1 N–H and O–H groups in total. The average Bonchev–Trinajstić information content (AvgIpc) is 2.91. The number of aryl methyl sites for hydroxylation is 1. The summed E-state index contributed by atoms with van der Waals surface area (Å²) in [5.74, 6) is -0.179. The number of nitrogens with zero attached hydrogens (tertiary/aromatic N) is 3. The maximum atomic E-state index is 12.5. The Kier molecular flexibility index (Phi) is 3.96. The van der Waals surface area contributed by atoms with Crippen LogP contribution in [0.5, 0.6) is 0 Å². The predicted octanol–water partition coefficient (Wildman–Crippen LogP) is -0.407. The Morgan fingerprint density at radius 2 is 2.23 bits per heavy atom. The third kappa shape index (κ3) is 2.88. The van der Waals surface area contributed by atoms with E-state index in [1.807, 2.05) is 6.92 Å². The zero-order chi connectivity index (χ0) is 15.9. The van der Waals surface area contributed by atoms with Crippen molar-refractivity contribution in [2.75, 3.05) is 32.5 Å². The number of hydrogen-bond donors (Lipinski definition) is 1. The predicted molar refractivity (Wildman–Crippen MR) is 78.9 cm³/mol. The van der Waals surface area contributed by atoms with E-state index >= 15 is 0 Å². The second kappa shape index (κ2) is 5.64. The fourth-order valence-corrected chi connectivity index (χ4v) is 4.23. The molecule has 1 amide bonds. The fraction of sp³-hybridized carbons (Fsp3) is 0.692. The molecule has 1 aromatic rings. The highest BCUT2D eigenvalue weighted by molar-refractivity contribution is 7.88. The lowest BCUT2D eigenvalue weighted by Crippen LogP contribution is -2.61. The van der Waals surface area contributed by atoms with Gasteiger partial charge in [0, 0.05) is 25.3 Å². The van der Waals surface area contributed by atoms with E-state index in [2.05, 4.69) is 10.2 Å². The van der Waals surface area contributed by atoms with Gasteiger partial charge in [0.2, 0.25) is 10.0 Å². The third-order valence-corrected chi connectivity index (χ3v) is 5.48. The van der Waals surface area contributed by atoms with Gasteiger partial charge in [-0.3, -0.25) is 9.89 Å². The van der Waals surface area contributed by atoms with Gasteiger partial charge in [0.1, 0.15) is 5.69 Å². The van der Waals surface area contributed by atoms with Crippen molar-refractivity contribution in [3.8, 4) is 0 Å². The summed E-state index contributed by atoms with van der Waals surface area (Å²) >= 11 is 0. The van der Waals surface area contributed by atoms with Crippen molar-refractivity contribution in [3.63, 3.8) is 0 Å². The van der Waals surface area contributed by atoms with Gasteiger partial charge in [-0.25, -0.2) is 8.42 Å². The first-order chi connectivity index (χ1) is 10.4. The lowest BCUT2D eigenvalue weighted by atomic mass is 10.0. The molecule has 2 saturated heterocycles. The number of fused-ring (bicyclic) bond motifs is 1. The highest BCUT2D eigenvalue weighted by atomic mass is 32.2. The van der Waals surface area contributed by atoms with Crippen LogP contribution in [-0.2, 0) is 14.8 Å². The number of likely N-dealkylation sites (tertiary alicyclic amines) is 1. The van der Waals surface area contributed by atoms with Crippen LogP contribution in [0.25, 0.3) is 0 Å². The summed E-state index contributed by atoms with van der Waals surface area (Å²) in [6.07, 6.45) is 1.69. The van der Waals surface area contributed by atoms with E-state index in [4.69, 9.17) is 4.74 Å². The first-order valence-corrected chi connectivity index (χ1v) is 9.11. The molecule has 1 aromatic heterocycles. The van der Waals surface area contributed by atoms with Crippen LogP contribution in [0.15, 0.2) is 6.07 Å². The molecule has 0 bridgehead atoms. The number of ether oxygens (including phenoxy) is 1. The number of sulfonamides is 1. The van der Waals surface area contributed by atoms with Gasteiger partial charge in [0.05, 0.1) is 25.0 Å². The van der Waals surface area contributed by atoms with Crippen LogP contribution in [0.3, 0.4) is 0 Å². The Hall–Kier alpha value is -1.45. The molecule has 0 aromatic carbocycles. The van der Waals surface area contributed by atoms with E-state index < -0.39 is 10.0 Å². The van der Waals surface area contributed by atoms with Crippen molar-refractivity contribution in [1.82, 2.24) is 19.4 Å². The Balaban J connectivity index is 1.79. The zero-order valence-electron chi connectivity index (χ0n) is 12.7. The monoisotopic (exact) mass is 328 g/mol. The average molecular weight is 328 g/mol. The molecule has 2 aliphatic heterocycles. The smallest absolute Gasteiger partial charge is 0.274 e. The molecule has 0 unspecified atom stereocenters. The normalized spacial score (nSPS) is 26.7. The van der Waals surface area contributed by atoms with Gasteiger partial charge in [0.15, 0.2) is 0 Å². The molecule has 2 fully saturated rings. The van der Waals surface area contributed by atoms with Crippen molar-refractivity contribution in [3.05, 3.63) is 17.5 Å². The number of piperidine rings is 1. The highest BCUT2D eigenvalue weighted by Gasteiger charge is 2.42. The van der Waals surface area contributed by atoms with Crippen LogP contribution >= 0.6 is 0 Å². The van der Waals surface area contributed by atoms with Gasteiger partial charge >= 0.3 is 0 Å². The summed E-state index contributed by atoms with van der Waals surface area (Å²) in [4.78, 5) is 14.1. The molecular weight excluding hydrogens is 308 g/mol. The number of H-pyrrole nitrogens is 1. The first kappa shape index (κ1) is 15.4. The Morgan fingerprint density at radius 1 is 1.45 bits per heavy atom. The van der Waals surface area contributed by atoms with Gasteiger partial charge in [-0.05, 0) is 19.4 Å². The number of carbonyl (C=O) groups is 1. The SMILES string of the molecule is Cc1cc(C(=O)N2CC[C@H]3OCCN(S(C)(=O)=O)[C@@H]3C2)n[nH]1. The summed E-state index contributed by atoms with van der Waals surface area (Å²) in [6, 6.07) is 1.38.